The molecule has 2 aliphatic heterocycles. The molecule has 0 spiro atoms. The lowest BCUT2D eigenvalue weighted by atomic mass is 10.0. The van der Waals surface area contributed by atoms with Gasteiger partial charge >= 0.3 is 0 Å². The maximum atomic E-state index is 5.94. The molecule has 3 rings (SSSR count). The van der Waals surface area contributed by atoms with E-state index in [1.54, 1.807) is 0 Å². The third kappa shape index (κ3) is 1.52. The fraction of sp³-hybridized carbons (Fsp3) is 0.500. The Bertz CT molecular complexity index is 349. The quantitative estimate of drug-likeness (QED) is 0.766. The van der Waals surface area contributed by atoms with Crippen molar-refractivity contribution in [2.75, 3.05) is 18.9 Å². The number of ether oxygens (including phenoxy) is 1. The fourth-order valence-electron chi connectivity index (χ4n) is 2.52. The van der Waals surface area contributed by atoms with Crippen LogP contribution in [-0.2, 0) is 4.74 Å². The fourth-order valence-corrected chi connectivity index (χ4v) is 2.52. The van der Waals surface area contributed by atoms with Crippen molar-refractivity contribution < 1.29 is 4.74 Å². The molecule has 1 aromatic rings. The zero-order valence-corrected chi connectivity index (χ0v) is 8.86. The van der Waals surface area contributed by atoms with Gasteiger partial charge in [0.15, 0.2) is 0 Å². The lowest BCUT2D eigenvalue weighted by Crippen LogP contribution is -2.33. The van der Waals surface area contributed by atoms with E-state index in [2.05, 4.69) is 34.9 Å². The third-order valence-electron chi connectivity index (χ3n) is 3.36. The van der Waals surface area contributed by atoms with Crippen molar-refractivity contribution in [1.29, 1.82) is 0 Å². The van der Waals surface area contributed by atoms with E-state index in [1.165, 1.54) is 12.0 Å². The monoisotopic (exact) mass is 204 g/mol. The predicted molar refractivity (Wildman–Crippen MR) is 60.0 cm³/mol. The number of morpholine rings is 1. The predicted octanol–water partition coefficient (Wildman–Crippen LogP) is 1.53. The summed E-state index contributed by atoms with van der Waals surface area (Å²) in [6.45, 7) is 1.02. The van der Waals surface area contributed by atoms with Gasteiger partial charge in [0.2, 0.25) is 0 Å². The standard InChI is InChI=1S/C12H16N2O/c1-13-9-4-2-8(3-5-9)12-11-6-10(15-12)7-14-11/h2-5,10-14H,6-7H2,1H3. The second-order valence-corrected chi connectivity index (χ2v) is 4.30. The highest BCUT2D eigenvalue weighted by Gasteiger charge is 2.40. The van der Waals surface area contributed by atoms with Gasteiger partial charge in [0.25, 0.3) is 0 Å². The van der Waals surface area contributed by atoms with Crippen LogP contribution in [0.5, 0.6) is 0 Å². The first kappa shape index (κ1) is 9.19. The highest BCUT2D eigenvalue weighted by atomic mass is 16.5. The zero-order valence-electron chi connectivity index (χ0n) is 8.86. The van der Waals surface area contributed by atoms with E-state index in [9.17, 15) is 0 Å². The van der Waals surface area contributed by atoms with E-state index >= 15 is 0 Å². The summed E-state index contributed by atoms with van der Waals surface area (Å²) in [5.41, 5.74) is 2.43. The van der Waals surface area contributed by atoms with Gasteiger partial charge in [0, 0.05) is 25.3 Å². The second kappa shape index (κ2) is 3.51. The molecule has 3 unspecified atom stereocenters. The van der Waals surface area contributed by atoms with Gasteiger partial charge in [0.1, 0.15) is 0 Å². The molecule has 3 nitrogen and oxygen atoms in total. The Kier molecular flexibility index (Phi) is 2.15. The van der Waals surface area contributed by atoms with Gasteiger partial charge < -0.3 is 15.4 Å². The minimum Gasteiger partial charge on any atom is -0.388 e. The van der Waals surface area contributed by atoms with Crippen molar-refractivity contribution in [2.24, 2.45) is 0 Å². The number of benzene rings is 1. The first-order valence-electron chi connectivity index (χ1n) is 5.53. The third-order valence-corrected chi connectivity index (χ3v) is 3.36. The molecular formula is C12H16N2O. The van der Waals surface area contributed by atoms with Gasteiger partial charge in [-0.3, -0.25) is 0 Å². The van der Waals surface area contributed by atoms with Crippen molar-refractivity contribution in [2.45, 2.75) is 24.7 Å². The van der Waals surface area contributed by atoms with Crippen molar-refractivity contribution in [3.8, 4) is 0 Å². The van der Waals surface area contributed by atoms with Crippen LogP contribution in [0, 0.1) is 0 Å². The number of rotatable bonds is 2. The number of nitrogens with one attached hydrogen (secondary N) is 2. The molecule has 15 heavy (non-hydrogen) atoms. The van der Waals surface area contributed by atoms with E-state index in [0.29, 0.717) is 12.1 Å². The summed E-state index contributed by atoms with van der Waals surface area (Å²) in [5.74, 6) is 0. The Morgan fingerprint density at radius 2 is 2.13 bits per heavy atom. The summed E-state index contributed by atoms with van der Waals surface area (Å²) in [7, 11) is 1.94. The van der Waals surface area contributed by atoms with E-state index in [0.717, 1.165) is 12.2 Å². The topological polar surface area (TPSA) is 33.3 Å². The SMILES string of the molecule is CNc1ccc(C2OC3CNC2C3)cc1. The number of hydrogen-bond acceptors (Lipinski definition) is 3. The molecule has 80 valence electrons. The molecule has 2 fully saturated rings. The molecule has 2 aliphatic rings. The highest BCUT2D eigenvalue weighted by molar-refractivity contribution is 5.44. The van der Waals surface area contributed by atoms with E-state index in [-0.39, 0.29) is 6.10 Å². The van der Waals surface area contributed by atoms with Gasteiger partial charge in [-0.15, -0.1) is 0 Å². The number of fused-ring (bicyclic) bond motifs is 2. The molecule has 0 saturated carbocycles. The second-order valence-electron chi connectivity index (χ2n) is 4.30. The van der Waals surface area contributed by atoms with Crippen molar-refractivity contribution in [3.63, 3.8) is 0 Å². The van der Waals surface area contributed by atoms with Crippen LogP contribution in [0.1, 0.15) is 18.1 Å². The van der Waals surface area contributed by atoms with E-state index in [1.807, 2.05) is 7.05 Å². The van der Waals surface area contributed by atoms with Crippen LogP contribution in [-0.4, -0.2) is 25.7 Å². The lowest BCUT2D eigenvalue weighted by Gasteiger charge is -2.23. The first-order chi connectivity index (χ1) is 7.36. The smallest absolute Gasteiger partial charge is 0.0983 e. The summed E-state index contributed by atoms with van der Waals surface area (Å²) in [6, 6.07) is 9.03. The summed E-state index contributed by atoms with van der Waals surface area (Å²) >= 11 is 0. The summed E-state index contributed by atoms with van der Waals surface area (Å²) in [4.78, 5) is 0. The highest BCUT2D eigenvalue weighted by Crippen LogP contribution is 2.36. The average molecular weight is 204 g/mol. The van der Waals surface area contributed by atoms with E-state index in [4.69, 9.17) is 4.74 Å². The summed E-state index contributed by atoms with van der Waals surface area (Å²) < 4.78 is 5.94. The van der Waals surface area contributed by atoms with E-state index < -0.39 is 0 Å². The van der Waals surface area contributed by atoms with Crippen LogP contribution in [0.4, 0.5) is 5.69 Å². The van der Waals surface area contributed by atoms with Crippen LogP contribution in [0.2, 0.25) is 0 Å². The normalized spacial score (nSPS) is 33.3. The number of hydrogen-bond donors (Lipinski definition) is 2. The van der Waals surface area contributed by atoms with Gasteiger partial charge in [0.05, 0.1) is 12.2 Å². The van der Waals surface area contributed by atoms with Crippen molar-refractivity contribution in [3.05, 3.63) is 29.8 Å². The van der Waals surface area contributed by atoms with Crippen molar-refractivity contribution >= 4 is 5.69 Å². The Morgan fingerprint density at radius 1 is 1.33 bits per heavy atom. The molecule has 0 amide bonds. The molecule has 3 heteroatoms. The van der Waals surface area contributed by atoms with Crippen LogP contribution < -0.4 is 10.6 Å². The molecule has 0 radical (unpaired) electrons. The van der Waals surface area contributed by atoms with Gasteiger partial charge in [-0.2, -0.15) is 0 Å². The van der Waals surface area contributed by atoms with Crippen LogP contribution in [0.25, 0.3) is 0 Å². The molecule has 2 bridgehead atoms. The average Bonchev–Trinajstić information content (AvgIpc) is 2.91. The zero-order chi connectivity index (χ0) is 10.3. The molecule has 2 N–H and O–H groups in total. The molecule has 0 aromatic heterocycles. The number of anilines is 1. The van der Waals surface area contributed by atoms with Gasteiger partial charge in [-0.05, 0) is 24.1 Å². The first-order valence-corrected chi connectivity index (χ1v) is 5.53. The molecule has 1 aromatic carbocycles. The molecular weight excluding hydrogens is 188 g/mol. The largest absolute Gasteiger partial charge is 0.388 e. The molecule has 0 aliphatic carbocycles. The molecule has 3 atom stereocenters. The molecule has 2 saturated heterocycles. The van der Waals surface area contributed by atoms with Crippen molar-refractivity contribution in [1.82, 2.24) is 5.32 Å². The van der Waals surface area contributed by atoms with Crippen LogP contribution in [0.15, 0.2) is 24.3 Å². The van der Waals surface area contributed by atoms with Crippen LogP contribution >= 0.6 is 0 Å². The Balaban J connectivity index is 1.81. The maximum absolute atomic E-state index is 5.94. The van der Waals surface area contributed by atoms with Crippen LogP contribution in [0.3, 0.4) is 0 Å². The van der Waals surface area contributed by atoms with Gasteiger partial charge in [-0.25, -0.2) is 0 Å². The minimum atomic E-state index is 0.259. The Labute approximate surface area is 89.8 Å². The van der Waals surface area contributed by atoms with Gasteiger partial charge in [-0.1, -0.05) is 12.1 Å². The Morgan fingerprint density at radius 3 is 2.67 bits per heavy atom. The minimum absolute atomic E-state index is 0.259. The Hall–Kier alpha value is -1.06. The molecule has 2 heterocycles. The lowest BCUT2D eigenvalue weighted by molar-refractivity contribution is 0.0160. The maximum Gasteiger partial charge on any atom is 0.0983 e. The summed E-state index contributed by atoms with van der Waals surface area (Å²) in [5, 5.41) is 6.61. The summed E-state index contributed by atoms with van der Waals surface area (Å²) in [6.07, 6.45) is 1.86.